The number of ether oxygens (including phenoxy) is 1. The SMILES string of the molecule is COC[C@@H](C)NC(=O)C(=O)Nc1cccc(Cl)c1C. The Labute approximate surface area is 117 Å². The highest BCUT2D eigenvalue weighted by Crippen LogP contribution is 2.22. The number of rotatable bonds is 4. The van der Waals surface area contributed by atoms with E-state index in [9.17, 15) is 9.59 Å². The Morgan fingerprint density at radius 2 is 2.05 bits per heavy atom. The van der Waals surface area contributed by atoms with Crippen LogP contribution in [0.3, 0.4) is 0 Å². The maximum absolute atomic E-state index is 11.7. The third-order valence-electron chi connectivity index (χ3n) is 2.52. The summed E-state index contributed by atoms with van der Waals surface area (Å²) in [6.07, 6.45) is 0. The van der Waals surface area contributed by atoms with E-state index in [0.29, 0.717) is 17.3 Å². The van der Waals surface area contributed by atoms with Crippen molar-refractivity contribution in [3.05, 3.63) is 28.8 Å². The average Bonchev–Trinajstić information content (AvgIpc) is 2.35. The molecule has 0 aromatic heterocycles. The maximum Gasteiger partial charge on any atom is 0.313 e. The molecule has 0 aliphatic carbocycles. The van der Waals surface area contributed by atoms with Crippen LogP contribution in [0.15, 0.2) is 18.2 Å². The van der Waals surface area contributed by atoms with Gasteiger partial charge in [-0.1, -0.05) is 17.7 Å². The Balaban J connectivity index is 2.64. The van der Waals surface area contributed by atoms with Gasteiger partial charge in [-0.2, -0.15) is 0 Å². The Hall–Kier alpha value is -1.59. The molecule has 1 rings (SSSR count). The molecule has 0 unspecified atom stereocenters. The van der Waals surface area contributed by atoms with Gasteiger partial charge >= 0.3 is 11.8 Å². The summed E-state index contributed by atoms with van der Waals surface area (Å²) in [5.41, 5.74) is 1.24. The molecule has 0 saturated carbocycles. The van der Waals surface area contributed by atoms with Gasteiger partial charge in [0.2, 0.25) is 0 Å². The summed E-state index contributed by atoms with van der Waals surface area (Å²) >= 11 is 5.93. The molecular formula is C13H17ClN2O3. The van der Waals surface area contributed by atoms with Crippen molar-refractivity contribution in [1.82, 2.24) is 5.32 Å². The van der Waals surface area contributed by atoms with E-state index in [1.807, 2.05) is 0 Å². The molecule has 2 amide bonds. The van der Waals surface area contributed by atoms with E-state index in [4.69, 9.17) is 16.3 Å². The minimum atomic E-state index is -0.728. The van der Waals surface area contributed by atoms with Crippen LogP contribution in [0.5, 0.6) is 0 Å². The predicted molar refractivity (Wildman–Crippen MR) is 74.3 cm³/mol. The van der Waals surface area contributed by atoms with Crippen LogP contribution in [-0.4, -0.2) is 31.6 Å². The van der Waals surface area contributed by atoms with Crippen LogP contribution in [0.1, 0.15) is 12.5 Å². The minimum absolute atomic E-state index is 0.233. The number of carbonyl (C=O) groups excluding carboxylic acids is 2. The summed E-state index contributed by atoms with van der Waals surface area (Å²) in [5.74, 6) is -1.43. The van der Waals surface area contributed by atoms with E-state index in [1.165, 1.54) is 7.11 Å². The topological polar surface area (TPSA) is 67.4 Å². The van der Waals surface area contributed by atoms with Gasteiger partial charge in [-0.25, -0.2) is 0 Å². The molecule has 0 saturated heterocycles. The van der Waals surface area contributed by atoms with E-state index in [1.54, 1.807) is 32.0 Å². The molecule has 0 aliphatic rings. The van der Waals surface area contributed by atoms with Crippen molar-refractivity contribution in [2.75, 3.05) is 19.0 Å². The Kier molecular flexibility index (Phi) is 5.79. The lowest BCUT2D eigenvalue weighted by molar-refractivity contribution is -0.136. The lowest BCUT2D eigenvalue weighted by Gasteiger charge is -2.13. The number of halogens is 1. The van der Waals surface area contributed by atoms with Gasteiger partial charge in [0, 0.05) is 23.9 Å². The molecule has 2 N–H and O–H groups in total. The number of nitrogens with one attached hydrogen (secondary N) is 2. The smallest absolute Gasteiger partial charge is 0.313 e. The molecule has 0 heterocycles. The molecule has 1 aromatic carbocycles. The summed E-state index contributed by atoms with van der Waals surface area (Å²) in [5, 5.41) is 5.58. The van der Waals surface area contributed by atoms with Crippen LogP contribution in [0.25, 0.3) is 0 Å². The van der Waals surface area contributed by atoms with Crippen molar-refractivity contribution in [2.24, 2.45) is 0 Å². The molecule has 6 heteroatoms. The monoisotopic (exact) mass is 284 g/mol. The Morgan fingerprint density at radius 3 is 2.68 bits per heavy atom. The number of hydrogen-bond acceptors (Lipinski definition) is 3. The maximum atomic E-state index is 11.7. The zero-order valence-electron chi connectivity index (χ0n) is 11.1. The van der Waals surface area contributed by atoms with E-state index >= 15 is 0 Å². The largest absolute Gasteiger partial charge is 0.383 e. The van der Waals surface area contributed by atoms with Crippen LogP contribution in [-0.2, 0) is 14.3 Å². The molecule has 1 atom stereocenters. The zero-order chi connectivity index (χ0) is 14.4. The highest BCUT2D eigenvalue weighted by Gasteiger charge is 2.17. The summed E-state index contributed by atoms with van der Waals surface area (Å²) < 4.78 is 4.87. The van der Waals surface area contributed by atoms with Gasteiger partial charge in [0.05, 0.1) is 6.61 Å². The highest BCUT2D eigenvalue weighted by molar-refractivity contribution is 6.40. The summed E-state index contributed by atoms with van der Waals surface area (Å²) in [7, 11) is 1.53. The molecule has 5 nitrogen and oxygen atoms in total. The molecule has 1 aromatic rings. The summed E-state index contributed by atoms with van der Waals surface area (Å²) in [6.45, 7) is 3.86. The van der Waals surface area contributed by atoms with E-state index in [0.717, 1.165) is 5.56 Å². The molecular weight excluding hydrogens is 268 g/mol. The zero-order valence-corrected chi connectivity index (χ0v) is 11.9. The first kappa shape index (κ1) is 15.5. The second-order valence-corrected chi connectivity index (χ2v) is 4.60. The molecule has 0 fully saturated rings. The molecule has 0 spiro atoms. The first-order valence-corrected chi connectivity index (χ1v) is 6.19. The third-order valence-corrected chi connectivity index (χ3v) is 2.93. The lowest BCUT2D eigenvalue weighted by atomic mass is 10.2. The second kappa shape index (κ2) is 7.11. The molecule has 0 bridgehead atoms. The van der Waals surface area contributed by atoms with Gasteiger partial charge in [0.25, 0.3) is 0 Å². The Morgan fingerprint density at radius 1 is 1.37 bits per heavy atom. The second-order valence-electron chi connectivity index (χ2n) is 4.20. The standard InChI is InChI=1S/C13H17ClN2O3/c1-8(7-19-3)15-12(17)13(18)16-11-6-4-5-10(14)9(11)2/h4-6,8H,7H2,1-3H3,(H,15,17)(H,16,18)/t8-/m1/s1. The van der Waals surface area contributed by atoms with E-state index in [-0.39, 0.29) is 6.04 Å². The minimum Gasteiger partial charge on any atom is -0.383 e. The normalized spacial score (nSPS) is 11.8. The van der Waals surface area contributed by atoms with E-state index < -0.39 is 11.8 Å². The number of amides is 2. The third kappa shape index (κ3) is 4.54. The fraction of sp³-hybridized carbons (Fsp3) is 0.385. The van der Waals surface area contributed by atoms with Gasteiger partial charge in [0.15, 0.2) is 0 Å². The van der Waals surface area contributed by atoms with Crippen LogP contribution in [0, 0.1) is 6.92 Å². The van der Waals surface area contributed by atoms with Crippen molar-refractivity contribution in [3.8, 4) is 0 Å². The van der Waals surface area contributed by atoms with Crippen molar-refractivity contribution < 1.29 is 14.3 Å². The summed E-state index contributed by atoms with van der Waals surface area (Å²) in [4.78, 5) is 23.3. The lowest BCUT2D eigenvalue weighted by Crippen LogP contribution is -2.42. The highest BCUT2D eigenvalue weighted by atomic mass is 35.5. The van der Waals surface area contributed by atoms with Crippen molar-refractivity contribution >= 4 is 29.1 Å². The number of methoxy groups -OCH3 is 1. The van der Waals surface area contributed by atoms with Gasteiger partial charge in [-0.05, 0) is 31.5 Å². The van der Waals surface area contributed by atoms with Crippen LogP contribution in [0.2, 0.25) is 5.02 Å². The Bertz CT molecular complexity index is 477. The van der Waals surface area contributed by atoms with E-state index in [2.05, 4.69) is 10.6 Å². The number of carbonyl (C=O) groups is 2. The molecule has 104 valence electrons. The number of hydrogen-bond donors (Lipinski definition) is 2. The molecule has 0 radical (unpaired) electrons. The van der Waals surface area contributed by atoms with Gasteiger partial charge < -0.3 is 15.4 Å². The average molecular weight is 285 g/mol. The fourth-order valence-electron chi connectivity index (χ4n) is 1.50. The first-order valence-electron chi connectivity index (χ1n) is 5.81. The van der Waals surface area contributed by atoms with Crippen LogP contribution in [0.4, 0.5) is 5.69 Å². The quantitative estimate of drug-likeness (QED) is 0.828. The van der Waals surface area contributed by atoms with Gasteiger partial charge in [0.1, 0.15) is 0 Å². The fourth-order valence-corrected chi connectivity index (χ4v) is 1.68. The first-order chi connectivity index (χ1) is 8.95. The number of benzene rings is 1. The van der Waals surface area contributed by atoms with Gasteiger partial charge in [-0.15, -0.1) is 0 Å². The molecule has 0 aliphatic heterocycles. The number of anilines is 1. The van der Waals surface area contributed by atoms with Crippen molar-refractivity contribution in [2.45, 2.75) is 19.9 Å². The van der Waals surface area contributed by atoms with Crippen LogP contribution >= 0.6 is 11.6 Å². The van der Waals surface area contributed by atoms with Crippen molar-refractivity contribution in [3.63, 3.8) is 0 Å². The summed E-state index contributed by atoms with van der Waals surface area (Å²) in [6, 6.07) is 4.87. The molecule has 19 heavy (non-hydrogen) atoms. The predicted octanol–water partition coefficient (Wildman–Crippen LogP) is 1.74. The van der Waals surface area contributed by atoms with Crippen molar-refractivity contribution in [1.29, 1.82) is 0 Å². The van der Waals surface area contributed by atoms with Gasteiger partial charge in [-0.3, -0.25) is 9.59 Å². The van der Waals surface area contributed by atoms with Crippen LogP contribution < -0.4 is 10.6 Å².